The Morgan fingerprint density at radius 1 is 1.30 bits per heavy atom. The summed E-state index contributed by atoms with van der Waals surface area (Å²) in [6, 6.07) is 8.28. The van der Waals surface area contributed by atoms with Crippen LogP contribution in [-0.2, 0) is 13.0 Å². The molecule has 0 aliphatic rings. The van der Waals surface area contributed by atoms with E-state index < -0.39 is 0 Å². The normalized spacial score (nSPS) is 10.7. The van der Waals surface area contributed by atoms with Gasteiger partial charge in [0.2, 0.25) is 0 Å². The van der Waals surface area contributed by atoms with Crippen LogP contribution < -0.4 is 10.6 Å². The lowest BCUT2D eigenvalue weighted by Crippen LogP contribution is -2.15. The number of aromatic nitrogens is 4. The Kier molecular flexibility index (Phi) is 6.61. The number of thiazole rings is 1. The van der Waals surface area contributed by atoms with Crippen LogP contribution in [0.25, 0.3) is 0 Å². The molecule has 0 radical (unpaired) electrons. The summed E-state index contributed by atoms with van der Waals surface area (Å²) in [5.74, 6) is 0.200. The van der Waals surface area contributed by atoms with E-state index in [1.807, 2.05) is 16.9 Å². The van der Waals surface area contributed by atoms with Gasteiger partial charge in [-0.05, 0) is 49.0 Å². The molecule has 3 aromatic heterocycles. The molecule has 0 bridgehead atoms. The third kappa shape index (κ3) is 5.16. The molecular weight excluding hydrogens is 460 g/mol. The molecule has 0 saturated carbocycles. The largest absolute Gasteiger partial charge is 0.459 e. The number of allylic oxidation sites excluding steroid dienone is 1. The fraction of sp³-hybridized carbons (Fsp3) is 0.136. The predicted octanol–water partition coefficient (Wildman–Crippen LogP) is 4.58. The molecule has 0 spiro atoms. The van der Waals surface area contributed by atoms with Gasteiger partial charge < -0.3 is 9.73 Å². The Hall–Kier alpha value is -3.83. The number of furan rings is 1. The lowest BCUT2D eigenvalue weighted by Gasteiger charge is -2.09. The van der Waals surface area contributed by atoms with Gasteiger partial charge in [-0.2, -0.15) is 5.10 Å². The molecule has 0 aliphatic carbocycles. The number of nitrogens with zero attached hydrogens (tertiary/aromatic N) is 3. The Balaban J connectivity index is 1.45. The highest BCUT2D eigenvalue weighted by molar-refractivity contribution is 7.71. The van der Waals surface area contributed by atoms with Crippen LogP contribution in [0.2, 0.25) is 0 Å². The van der Waals surface area contributed by atoms with Crippen LogP contribution in [0.4, 0.5) is 10.8 Å². The van der Waals surface area contributed by atoms with Gasteiger partial charge in [-0.3, -0.25) is 24.6 Å². The monoisotopic (exact) mass is 480 g/mol. The number of carbonyl (C=O) groups is 2. The maximum Gasteiger partial charge on any atom is 0.291 e. The number of benzene rings is 1. The van der Waals surface area contributed by atoms with Crippen LogP contribution in [0.1, 0.15) is 38.0 Å². The summed E-state index contributed by atoms with van der Waals surface area (Å²) >= 11 is 6.55. The molecule has 4 rings (SSSR count). The molecule has 0 unspecified atom stereocenters. The molecule has 3 heterocycles. The molecule has 9 nitrogen and oxygen atoms in total. The first-order valence-corrected chi connectivity index (χ1v) is 11.2. The van der Waals surface area contributed by atoms with Gasteiger partial charge in [0.05, 0.1) is 18.4 Å². The van der Waals surface area contributed by atoms with E-state index in [1.54, 1.807) is 36.4 Å². The zero-order chi connectivity index (χ0) is 23.4. The van der Waals surface area contributed by atoms with E-state index >= 15 is 0 Å². The van der Waals surface area contributed by atoms with Crippen molar-refractivity contribution in [3.8, 4) is 0 Å². The molecule has 2 amide bonds. The van der Waals surface area contributed by atoms with Crippen LogP contribution in [0, 0.1) is 11.7 Å². The highest BCUT2D eigenvalue weighted by Gasteiger charge is 2.15. The Morgan fingerprint density at radius 3 is 2.91 bits per heavy atom. The van der Waals surface area contributed by atoms with Crippen molar-refractivity contribution in [2.45, 2.75) is 19.9 Å². The standard InChI is InChI=1S/C22H20N6O3S2/c1-3-8-28-18(26-27-22(28)32)11-15-12-33-21(23-15)25-19(29)14-7-6-13(2)16(10-14)24-20(30)17-5-4-9-31-17/h3-7,9-10,12H,1,8,11H2,2H3,(H,24,30)(H,27,32)(H,23,25,29). The van der Waals surface area contributed by atoms with Gasteiger partial charge in [0, 0.05) is 23.2 Å². The topological polar surface area (TPSA) is 118 Å². The first-order valence-electron chi connectivity index (χ1n) is 9.91. The molecule has 1 aromatic carbocycles. The lowest BCUT2D eigenvalue weighted by molar-refractivity contribution is 0.0993. The van der Waals surface area contributed by atoms with E-state index in [2.05, 4.69) is 32.4 Å². The summed E-state index contributed by atoms with van der Waals surface area (Å²) in [6.45, 7) is 6.12. The van der Waals surface area contributed by atoms with Crippen molar-refractivity contribution < 1.29 is 14.0 Å². The van der Waals surface area contributed by atoms with Gasteiger partial charge >= 0.3 is 0 Å². The maximum atomic E-state index is 12.8. The highest BCUT2D eigenvalue weighted by Crippen LogP contribution is 2.22. The Labute approximate surface area is 198 Å². The first-order chi connectivity index (χ1) is 15.9. The number of amides is 2. The second-order valence-electron chi connectivity index (χ2n) is 7.08. The number of aromatic amines is 1. The SMILES string of the molecule is C=CCn1c(Cc2csc(NC(=O)c3ccc(C)c(NC(=O)c4ccco4)c3)n2)n[nH]c1=S. The average Bonchev–Trinajstić information content (AvgIpc) is 3.54. The maximum absolute atomic E-state index is 12.8. The number of hydrogen-bond acceptors (Lipinski definition) is 7. The van der Waals surface area contributed by atoms with Crippen molar-refractivity contribution in [2.75, 3.05) is 10.6 Å². The van der Waals surface area contributed by atoms with Gasteiger partial charge in [-0.1, -0.05) is 12.1 Å². The lowest BCUT2D eigenvalue weighted by atomic mass is 10.1. The Morgan fingerprint density at radius 2 is 2.15 bits per heavy atom. The van der Waals surface area contributed by atoms with Crippen LogP contribution in [0.15, 0.2) is 59.0 Å². The molecule has 0 saturated heterocycles. The predicted molar refractivity (Wildman–Crippen MR) is 128 cm³/mol. The quantitative estimate of drug-likeness (QED) is 0.251. The minimum atomic E-state index is -0.389. The average molecular weight is 481 g/mol. The van der Waals surface area contributed by atoms with Crippen molar-refractivity contribution >= 4 is 46.2 Å². The molecule has 4 aromatic rings. The molecular formula is C22H20N6O3S2. The van der Waals surface area contributed by atoms with E-state index in [-0.39, 0.29) is 17.6 Å². The number of rotatable bonds is 8. The molecule has 0 atom stereocenters. The van der Waals surface area contributed by atoms with Crippen LogP contribution in [0.3, 0.4) is 0 Å². The summed E-state index contributed by atoms with van der Waals surface area (Å²) < 4.78 is 7.47. The molecule has 3 N–H and O–H groups in total. The second kappa shape index (κ2) is 9.76. The summed E-state index contributed by atoms with van der Waals surface area (Å²) in [7, 11) is 0. The summed E-state index contributed by atoms with van der Waals surface area (Å²) in [5.41, 5.74) is 2.48. The zero-order valence-electron chi connectivity index (χ0n) is 17.6. The molecule has 0 fully saturated rings. The van der Waals surface area contributed by atoms with E-state index in [4.69, 9.17) is 16.6 Å². The molecule has 168 valence electrons. The van der Waals surface area contributed by atoms with Crippen molar-refractivity contribution in [1.82, 2.24) is 19.7 Å². The van der Waals surface area contributed by atoms with Crippen LogP contribution in [-0.4, -0.2) is 31.6 Å². The number of H-pyrrole nitrogens is 1. The number of nitrogens with one attached hydrogen (secondary N) is 3. The summed E-state index contributed by atoms with van der Waals surface area (Å²) in [4.78, 5) is 29.5. The number of hydrogen-bond donors (Lipinski definition) is 3. The highest BCUT2D eigenvalue weighted by atomic mass is 32.1. The zero-order valence-corrected chi connectivity index (χ0v) is 19.3. The third-order valence-electron chi connectivity index (χ3n) is 4.75. The van der Waals surface area contributed by atoms with Gasteiger partial charge in [0.1, 0.15) is 5.82 Å². The summed E-state index contributed by atoms with van der Waals surface area (Å²) in [5, 5.41) is 14.9. The summed E-state index contributed by atoms with van der Waals surface area (Å²) in [6.07, 6.45) is 3.63. The van der Waals surface area contributed by atoms with Crippen molar-refractivity contribution in [3.63, 3.8) is 0 Å². The Bertz CT molecular complexity index is 1370. The van der Waals surface area contributed by atoms with E-state index in [0.717, 1.165) is 17.1 Å². The number of anilines is 2. The van der Waals surface area contributed by atoms with Crippen molar-refractivity contribution in [1.29, 1.82) is 0 Å². The van der Waals surface area contributed by atoms with Gasteiger partial charge in [0.25, 0.3) is 11.8 Å². The van der Waals surface area contributed by atoms with E-state index in [9.17, 15) is 9.59 Å². The number of aryl methyl sites for hydroxylation is 1. The van der Waals surface area contributed by atoms with E-state index in [0.29, 0.717) is 34.1 Å². The third-order valence-corrected chi connectivity index (χ3v) is 5.87. The van der Waals surface area contributed by atoms with Crippen LogP contribution in [0.5, 0.6) is 0 Å². The molecule has 33 heavy (non-hydrogen) atoms. The molecule has 0 aliphatic heterocycles. The fourth-order valence-electron chi connectivity index (χ4n) is 3.07. The number of carbonyl (C=O) groups excluding carboxylic acids is 2. The fourth-order valence-corrected chi connectivity index (χ4v) is 4.00. The van der Waals surface area contributed by atoms with E-state index in [1.165, 1.54) is 17.6 Å². The van der Waals surface area contributed by atoms with Crippen molar-refractivity contribution in [2.24, 2.45) is 0 Å². The van der Waals surface area contributed by atoms with Crippen LogP contribution >= 0.6 is 23.6 Å². The smallest absolute Gasteiger partial charge is 0.291 e. The minimum absolute atomic E-state index is 0.189. The molecule has 11 heteroatoms. The van der Waals surface area contributed by atoms with Gasteiger partial charge in [-0.25, -0.2) is 4.98 Å². The van der Waals surface area contributed by atoms with Gasteiger partial charge in [0.15, 0.2) is 15.7 Å². The van der Waals surface area contributed by atoms with Gasteiger partial charge in [-0.15, -0.1) is 17.9 Å². The second-order valence-corrected chi connectivity index (χ2v) is 8.33. The first kappa shape index (κ1) is 22.4. The minimum Gasteiger partial charge on any atom is -0.459 e. The van der Waals surface area contributed by atoms with Crippen molar-refractivity contribution in [3.05, 3.63) is 87.8 Å².